The second kappa shape index (κ2) is 4.26. The van der Waals surface area contributed by atoms with Crippen molar-refractivity contribution in [3.05, 3.63) is 12.2 Å². The lowest BCUT2D eigenvalue weighted by Crippen LogP contribution is -2.18. The summed E-state index contributed by atoms with van der Waals surface area (Å²) in [5, 5.41) is 9.34. The predicted octanol–water partition coefficient (Wildman–Crippen LogP) is 0.877. The predicted molar refractivity (Wildman–Crippen MR) is 44.5 cm³/mol. The zero-order valence-corrected chi connectivity index (χ0v) is 7.19. The van der Waals surface area contributed by atoms with Crippen LogP contribution in [-0.4, -0.2) is 23.8 Å². The van der Waals surface area contributed by atoms with E-state index in [1.165, 1.54) is 0 Å². The molecule has 0 heterocycles. The molecule has 0 amide bonds. The number of aliphatic hydroxyl groups excluding tert-OH is 1. The highest BCUT2D eigenvalue weighted by molar-refractivity contribution is 5.70. The van der Waals surface area contributed by atoms with Crippen LogP contribution in [0.3, 0.4) is 0 Å². The van der Waals surface area contributed by atoms with Crippen LogP contribution in [0.1, 0.15) is 19.8 Å². The van der Waals surface area contributed by atoms with Crippen molar-refractivity contribution in [2.24, 2.45) is 5.92 Å². The summed E-state index contributed by atoms with van der Waals surface area (Å²) >= 11 is 0. The van der Waals surface area contributed by atoms with Gasteiger partial charge in [0.1, 0.15) is 0 Å². The van der Waals surface area contributed by atoms with E-state index in [9.17, 15) is 9.90 Å². The molecule has 0 radical (unpaired) electrons. The van der Waals surface area contributed by atoms with Crippen molar-refractivity contribution >= 4 is 5.97 Å². The highest BCUT2D eigenvalue weighted by Crippen LogP contribution is 2.21. The van der Waals surface area contributed by atoms with Crippen molar-refractivity contribution < 1.29 is 14.6 Å². The molecular formula is C9H14O3. The Morgan fingerprint density at radius 1 is 1.75 bits per heavy atom. The van der Waals surface area contributed by atoms with Crippen LogP contribution in [0.25, 0.3) is 0 Å². The van der Waals surface area contributed by atoms with E-state index >= 15 is 0 Å². The van der Waals surface area contributed by atoms with Gasteiger partial charge < -0.3 is 9.84 Å². The fourth-order valence-corrected chi connectivity index (χ4v) is 1.31. The van der Waals surface area contributed by atoms with Gasteiger partial charge in [0.05, 0.1) is 19.1 Å². The Kier molecular flexibility index (Phi) is 3.29. The molecule has 1 N–H and O–H groups in total. The van der Waals surface area contributed by atoms with Crippen LogP contribution >= 0.6 is 0 Å². The Morgan fingerprint density at radius 2 is 2.50 bits per heavy atom. The first kappa shape index (κ1) is 9.26. The van der Waals surface area contributed by atoms with Crippen molar-refractivity contribution in [3.8, 4) is 0 Å². The topological polar surface area (TPSA) is 46.5 Å². The van der Waals surface area contributed by atoms with E-state index in [1.54, 1.807) is 6.92 Å². The highest BCUT2D eigenvalue weighted by atomic mass is 16.5. The number of esters is 1. The Balaban J connectivity index is 2.30. The van der Waals surface area contributed by atoms with E-state index in [0.29, 0.717) is 19.4 Å². The molecule has 68 valence electrons. The molecule has 1 rings (SSSR count). The first-order chi connectivity index (χ1) is 5.74. The van der Waals surface area contributed by atoms with Crippen molar-refractivity contribution in [1.82, 2.24) is 0 Å². The Bertz CT molecular complexity index is 186. The second-order valence-corrected chi connectivity index (χ2v) is 2.90. The van der Waals surface area contributed by atoms with Gasteiger partial charge in [-0.1, -0.05) is 12.2 Å². The number of carbonyl (C=O) groups excluding carboxylic acids is 1. The maximum atomic E-state index is 11.0. The molecule has 0 bridgehead atoms. The molecule has 3 heteroatoms. The SMILES string of the molecule is CCOC(=O)C[C@@H]1C=CC[C@H]1O. The van der Waals surface area contributed by atoms with E-state index in [1.807, 2.05) is 12.2 Å². The highest BCUT2D eigenvalue weighted by Gasteiger charge is 2.23. The quantitative estimate of drug-likeness (QED) is 0.505. The van der Waals surface area contributed by atoms with E-state index in [-0.39, 0.29) is 11.9 Å². The second-order valence-electron chi connectivity index (χ2n) is 2.90. The summed E-state index contributed by atoms with van der Waals surface area (Å²) in [5.74, 6) is -0.267. The van der Waals surface area contributed by atoms with E-state index in [4.69, 9.17) is 4.74 Å². The van der Waals surface area contributed by atoms with E-state index in [0.717, 1.165) is 0 Å². The average molecular weight is 170 g/mol. The number of aliphatic hydroxyl groups is 1. The smallest absolute Gasteiger partial charge is 0.306 e. The average Bonchev–Trinajstić information content (AvgIpc) is 2.37. The Hall–Kier alpha value is -0.830. The monoisotopic (exact) mass is 170 g/mol. The molecule has 1 aliphatic carbocycles. The van der Waals surface area contributed by atoms with Gasteiger partial charge in [-0.25, -0.2) is 0 Å². The molecule has 0 spiro atoms. The molecule has 3 nitrogen and oxygen atoms in total. The summed E-state index contributed by atoms with van der Waals surface area (Å²) in [7, 11) is 0. The van der Waals surface area contributed by atoms with Gasteiger partial charge in [0.2, 0.25) is 0 Å². The van der Waals surface area contributed by atoms with Crippen LogP contribution < -0.4 is 0 Å². The van der Waals surface area contributed by atoms with Gasteiger partial charge in [-0.05, 0) is 13.3 Å². The minimum atomic E-state index is -0.394. The van der Waals surface area contributed by atoms with Crippen LogP contribution in [0.2, 0.25) is 0 Å². The van der Waals surface area contributed by atoms with Crippen LogP contribution in [0.15, 0.2) is 12.2 Å². The van der Waals surface area contributed by atoms with Crippen LogP contribution in [0.4, 0.5) is 0 Å². The number of hydrogen-bond acceptors (Lipinski definition) is 3. The molecule has 1 aliphatic rings. The molecule has 12 heavy (non-hydrogen) atoms. The molecule has 0 aromatic carbocycles. The summed E-state index contributed by atoms with van der Waals surface area (Å²) in [6.45, 7) is 2.18. The largest absolute Gasteiger partial charge is 0.466 e. The lowest BCUT2D eigenvalue weighted by atomic mass is 10.0. The fourth-order valence-electron chi connectivity index (χ4n) is 1.31. The van der Waals surface area contributed by atoms with Gasteiger partial charge >= 0.3 is 5.97 Å². The van der Waals surface area contributed by atoms with Gasteiger partial charge in [-0.2, -0.15) is 0 Å². The molecule has 0 aromatic rings. The van der Waals surface area contributed by atoms with Crippen LogP contribution in [0, 0.1) is 5.92 Å². The van der Waals surface area contributed by atoms with Crippen molar-refractivity contribution in [2.75, 3.05) is 6.61 Å². The fraction of sp³-hybridized carbons (Fsp3) is 0.667. The molecule has 0 unspecified atom stereocenters. The normalized spacial score (nSPS) is 27.5. The maximum absolute atomic E-state index is 11.0. The molecule has 0 saturated heterocycles. The molecule has 0 saturated carbocycles. The molecule has 2 atom stereocenters. The van der Waals surface area contributed by atoms with Gasteiger partial charge in [-0.3, -0.25) is 4.79 Å². The van der Waals surface area contributed by atoms with Gasteiger partial charge in [0.25, 0.3) is 0 Å². The first-order valence-corrected chi connectivity index (χ1v) is 4.24. The summed E-state index contributed by atoms with van der Waals surface area (Å²) in [6.07, 6.45) is 4.33. The van der Waals surface area contributed by atoms with Gasteiger partial charge in [0.15, 0.2) is 0 Å². The summed E-state index contributed by atoms with van der Waals surface area (Å²) in [6, 6.07) is 0. The summed E-state index contributed by atoms with van der Waals surface area (Å²) in [5.41, 5.74) is 0. The standard InChI is InChI=1S/C9H14O3/c1-2-12-9(11)6-7-4-3-5-8(7)10/h3-4,7-8,10H,2,5-6H2,1H3/t7-,8+/m0/s1. The zero-order chi connectivity index (χ0) is 8.97. The van der Waals surface area contributed by atoms with Crippen molar-refractivity contribution in [2.45, 2.75) is 25.9 Å². The van der Waals surface area contributed by atoms with Crippen LogP contribution in [-0.2, 0) is 9.53 Å². The zero-order valence-electron chi connectivity index (χ0n) is 7.19. The number of ether oxygens (including phenoxy) is 1. The third-order valence-corrected chi connectivity index (χ3v) is 1.96. The van der Waals surface area contributed by atoms with Gasteiger partial charge in [0, 0.05) is 5.92 Å². The number of hydrogen-bond donors (Lipinski definition) is 1. The first-order valence-electron chi connectivity index (χ1n) is 4.24. The number of rotatable bonds is 3. The van der Waals surface area contributed by atoms with Gasteiger partial charge in [-0.15, -0.1) is 0 Å². The van der Waals surface area contributed by atoms with E-state index in [2.05, 4.69) is 0 Å². The minimum absolute atomic E-state index is 0.0379. The summed E-state index contributed by atoms with van der Waals surface area (Å²) < 4.78 is 4.77. The maximum Gasteiger partial charge on any atom is 0.306 e. The van der Waals surface area contributed by atoms with E-state index < -0.39 is 6.10 Å². The molecular weight excluding hydrogens is 156 g/mol. The van der Waals surface area contributed by atoms with Crippen molar-refractivity contribution in [1.29, 1.82) is 0 Å². The summed E-state index contributed by atoms with van der Waals surface area (Å²) in [4.78, 5) is 11.0. The van der Waals surface area contributed by atoms with Crippen LogP contribution in [0.5, 0.6) is 0 Å². The number of carbonyl (C=O) groups is 1. The molecule has 0 aliphatic heterocycles. The molecule has 0 aromatic heterocycles. The lowest BCUT2D eigenvalue weighted by molar-refractivity contribution is -0.144. The lowest BCUT2D eigenvalue weighted by Gasteiger charge is -2.11. The Morgan fingerprint density at radius 3 is 3.00 bits per heavy atom. The van der Waals surface area contributed by atoms with Crippen molar-refractivity contribution in [3.63, 3.8) is 0 Å². The third kappa shape index (κ3) is 2.34. The Labute approximate surface area is 72.0 Å². The minimum Gasteiger partial charge on any atom is -0.466 e. The third-order valence-electron chi connectivity index (χ3n) is 1.96. The molecule has 0 fully saturated rings.